The lowest BCUT2D eigenvalue weighted by molar-refractivity contribution is -0.132. The molecule has 0 saturated carbocycles. The first-order valence-electron chi connectivity index (χ1n) is 7.58. The van der Waals surface area contributed by atoms with E-state index in [-0.39, 0.29) is 17.2 Å². The molecule has 1 aromatic rings. The van der Waals surface area contributed by atoms with Crippen LogP contribution in [0.4, 0.5) is 0 Å². The summed E-state index contributed by atoms with van der Waals surface area (Å²) in [5, 5.41) is 6.25. The number of amides is 1. The van der Waals surface area contributed by atoms with Crippen molar-refractivity contribution in [3.8, 4) is 0 Å². The maximum absolute atomic E-state index is 12.6. The number of nitrogens with two attached hydrogens (primary N) is 1. The van der Waals surface area contributed by atoms with Gasteiger partial charge in [0.15, 0.2) is 0 Å². The summed E-state index contributed by atoms with van der Waals surface area (Å²) in [4.78, 5) is 12.6. The lowest BCUT2D eigenvalue weighted by Gasteiger charge is -2.22. The Morgan fingerprint density at radius 2 is 1.90 bits per heavy atom. The van der Waals surface area contributed by atoms with Gasteiger partial charge < -0.3 is 5.73 Å². The van der Waals surface area contributed by atoms with Gasteiger partial charge in [-0.2, -0.15) is 5.10 Å². The molecule has 0 radical (unpaired) electrons. The van der Waals surface area contributed by atoms with Crippen molar-refractivity contribution in [3.63, 3.8) is 0 Å². The molecule has 1 atom stereocenters. The van der Waals surface area contributed by atoms with Gasteiger partial charge >= 0.3 is 0 Å². The van der Waals surface area contributed by atoms with Crippen molar-refractivity contribution >= 4 is 11.6 Å². The normalized spacial score (nSPS) is 19.0. The van der Waals surface area contributed by atoms with E-state index in [2.05, 4.69) is 25.9 Å². The van der Waals surface area contributed by atoms with E-state index >= 15 is 0 Å². The predicted molar refractivity (Wildman–Crippen MR) is 85.7 cm³/mol. The Morgan fingerprint density at radius 1 is 1.24 bits per heavy atom. The van der Waals surface area contributed by atoms with Crippen LogP contribution in [0.25, 0.3) is 0 Å². The van der Waals surface area contributed by atoms with E-state index in [1.165, 1.54) is 0 Å². The van der Waals surface area contributed by atoms with Gasteiger partial charge in [0.1, 0.15) is 0 Å². The molecule has 0 bridgehead atoms. The average Bonchev–Trinajstić information content (AvgIpc) is 2.75. The Labute approximate surface area is 127 Å². The zero-order valence-electron chi connectivity index (χ0n) is 13.2. The fraction of sp³-hybridized carbons (Fsp3) is 0.529. The molecule has 114 valence electrons. The van der Waals surface area contributed by atoms with Crippen molar-refractivity contribution in [1.29, 1.82) is 0 Å². The third kappa shape index (κ3) is 3.70. The van der Waals surface area contributed by atoms with E-state index < -0.39 is 0 Å². The summed E-state index contributed by atoms with van der Waals surface area (Å²) in [5.74, 6) is -0.00510. The van der Waals surface area contributed by atoms with Crippen molar-refractivity contribution in [2.45, 2.75) is 40.2 Å². The van der Waals surface area contributed by atoms with Crippen LogP contribution in [-0.4, -0.2) is 23.2 Å². The van der Waals surface area contributed by atoms with Crippen molar-refractivity contribution < 1.29 is 4.79 Å². The number of hydrazone groups is 1. The maximum atomic E-state index is 12.6. The summed E-state index contributed by atoms with van der Waals surface area (Å²) in [7, 11) is 0. The molecule has 1 amide bonds. The summed E-state index contributed by atoms with van der Waals surface area (Å²) in [6, 6.07) is 9.98. The second kappa shape index (κ2) is 6.39. The fourth-order valence-corrected chi connectivity index (χ4v) is 2.67. The number of hydrogen-bond acceptors (Lipinski definition) is 3. The molecule has 4 nitrogen and oxygen atoms in total. The first-order chi connectivity index (χ1) is 9.93. The van der Waals surface area contributed by atoms with Crippen LogP contribution in [0.1, 0.15) is 39.2 Å². The van der Waals surface area contributed by atoms with E-state index in [4.69, 9.17) is 5.73 Å². The highest BCUT2D eigenvalue weighted by Crippen LogP contribution is 2.32. The van der Waals surface area contributed by atoms with Crippen LogP contribution >= 0.6 is 0 Å². The minimum Gasteiger partial charge on any atom is -0.330 e. The average molecular weight is 287 g/mol. The number of carbonyl (C=O) groups excluding carboxylic acids is 1. The number of benzene rings is 1. The molecule has 1 aliphatic heterocycles. The minimum absolute atomic E-state index is 0.0969. The second-order valence-electron chi connectivity index (χ2n) is 6.60. The van der Waals surface area contributed by atoms with E-state index in [9.17, 15) is 4.79 Å². The number of hydrogen-bond donors (Lipinski definition) is 1. The molecule has 0 fully saturated rings. The summed E-state index contributed by atoms with van der Waals surface area (Å²) in [6.45, 7) is 7.49. The van der Waals surface area contributed by atoms with Gasteiger partial charge in [-0.05, 0) is 24.9 Å². The molecular weight excluding hydrogens is 262 g/mol. The van der Waals surface area contributed by atoms with Gasteiger partial charge in [-0.1, -0.05) is 51.1 Å². The van der Waals surface area contributed by atoms with Crippen LogP contribution in [0.5, 0.6) is 0 Å². The Kier molecular flexibility index (Phi) is 4.78. The van der Waals surface area contributed by atoms with Gasteiger partial charge in [0.25, 0.3) is 5.91 Å². The highest BCUT2D eigenvalue weighted by Gasteiger charge is 2.40. The summed E-state index contributed by atoms with van der Waals surface area (Å²) in [6.07, 6.45) is 1.64. The lowest BCUT2D eigenvalue weighted by atomic mass is 9.80. The molecule has 0 aliphatic carbocycles. The van der Waals surface area contributed by atoms with E-state index in [1.807, 2.05) is 30.3 Å². The molecule has 1 aliphatic rings. The largest absolute Gasteiger partial charge is 0.330 e. The van der Waals surface area contributed by atoms with Crippen LogP contribution in [0.15, 0.2) is 35.4 Å². The lowest BCUT2D eigenvalue weighted by Crippen LogP contribution is -2.32. The Balaban J connectivity index is 2.19. The first kappa shape index (κ1) is 15.7. The zero-order chi connectivity index (χ0) is 15.5. The standard InChI is InChI=1S/C17H25N3O/c1-17(2,3)15-14(10-7-11-18)16(21)20(19-15)12-13-8-5-4-6-9-13/h4-6,8-9,14H,7,10-12,18H2,1-3H3. The van der Waals surface area contributed by atoms with Gasteiger partial charge in [-0.15, -0.1) is 0 Å². The smallest absolute Gasteiger partial charge is 0.251 e. The van der Waals surface area contributed by atoms with Gasteiger partial charge in [0.2, 0.25) is 0 Å². The van der Waals surface area contributed by atoms with Crippen molar-refractivity contribution in [3.05, 3.63) is 35.9 Å². The Morgan fingerprint density at radius 3 is 2.48 bits per heavy atom. The highest BCUT2D eigenvalue weighted by molar-refractivity contribution is 6.10. The molecule has 21 heavy (non-hydrogen) atoms. The number of nitrogens with zero attached hydrogens (tertiary/aromatic N) is 2. The summed E-state index contributed by atoms with van der Waals surface area (Å²) < 4.78 is 0. The quantitative estimate of drug-likeness (QED) is 0.905. The molecule has 2 N–H and O–H groups in total. The van der Waals surface area contributed by atoms with Crippen LogP contribution in [-0.2, 0) is 11.3 Å². The number of rotatable bonds is 5. The van der Waals surface area contributed by atoms with Crippen LogP contribution in [0.2, 0.25) is 0 Å². The summed E-state index contributed by atoms with van der Waals surface area (Å²) >= 11 is 0. The molecule has 2 rings (SSSR count). The SMILES string of the molecule is CC(C)(C)C1=NN(Cc2ccccc2)C(=O)C1CCCN. The molecule has 1 aromatic carbocycles. The highest BCUT2D eigenvalue weighted by atomic mass is 16.2. The molecule has 4 heteroatoms. The Hall–Kier alpha value is -1.68. The molecule has 0 spiro atoms. The minimum atomic E-state index is -0.114. The van der Waals surface area contributed by atoms with E-state index in [0.717, 1.165) is 24.1 Å². The number of carbonyl (C=O) groups is 1. The Bertz CT molecular complexity index is 517. The molecule has 1 unspecified atom stereocenters. The third-order valence-corrected chi connectivity index (χ3v) is 3.75. The van der Waals surface area contributed by atoms with Crippen LogP contribution < -0.4 is 5.73 Å². The van der Waals surface area contributed by atoms with Gasteiger partial charge in [-0.25, -0.2) is 5.01 Å². The van der Waals surface area contributed by atoms with Crippen molar-refractivity contribution in [2.24, 2.45) is 22.2 Å². The van der Waals surface area contributed by atoms with Crippen LogP contribution in [0, 0.1) is 11.3 Å². The van der Waals surface area contributed by atoms with Gasteiger partial charge in [-0.3, -0.25) is 4.79 Å². The fourth-order valence-electron chi connectivity index (χ4n) is 2.67. The molecular formula is C17H25N3O. The van der Waals surface area contributed by atoms with Crippen molar-refractivity contribution in [1.82, 2.24) is 5.01 Å². The van der Waals surface area contributed by atoms with Gasteiger partial charge in [0.05, 0.1) is 18.2 Å². The molecule has 0 aromatic heterocycles. The summed E-state index contributed by atoms with van der Waals surface area (Å²) in [5.41, 5.74) is 7.59. The van der Waals surface area contributed by atoms with Gasteiger partial charge in [0, 0.05) is 5.41 Å². The maximum Gasteiger partial charge on any atom is 0.251 e. The molecule has 1 heterocycles. The zero-order valence-corrected chi connectivity index (χ0v) is 13.2. The second-order valence-corrected chi connectivity index (χ2v) is 6.60. The van der Waals surface area contributed by atoms with Crippen LogP contribution in [0.3, 0.4) is 0 Å². The topological polar surface area (TPSA) is 58.7 Å². The first-order valence-corrected chi connectivity index (χ1v) is 7.58. The van der Waals surface area contributed by atoms with Crippen molar-refractivity contribution in [2.75, 3.05) is 6.54 Å². The predicted octanol–water partition coefficient (Wildman–Crippen LogP) is 2.79. The third-order valence-electron chi connectivity index (χ3n) is 3.75. The van der Waals surface area contributed by atoms with E-state index in [0.29, 0.717) is 13.1 Å². The molecule has 0 saturated heterocycles. The van der Waals surface area contributed by atoms with E-state index in [1.54, 1.807) is 5.01 Å². The monoisotopic (exact) mass is 287 g/mol.